The molecule has 0 atom stereocenters. The first-order valence-electron chi connectivity index (χ1n) is 9.14. The zero-order valence-corrected chi connectivity index (χ0v) is 16.3. The van der Waals surface area contributed by atoms with Gasteiger partial charge in [-0.25, -0.2) is 9.98 Å². The Hall–Kier alpha value is -2.84. The van der Waals surface area contributed by atoms with Crippen molar-refractivity contribution in [1.82, 2.24) is 19.8 Å². The average Bonchev–Trinajstić information content (AvgIpc) is 3.18. The van der Waals surface area contributed by atoms with Gasteiger partial charge in [-0.2, -0.15) is 8.78 Å². The molecule has 7 nitrogen and oxygen atoms in total. The van der Waals surface area contributed by atoms with Crippen LogP contribution in [-0.4, -0.2) is 47.7 Å². The molecular weight excluding hydrogens is 368 g/mol. The van der Waals surface area contributed by atoms with Gasteiger partial charge in [0.05, 0.1) is 14.2 Å². The summed E-state index contributed by atoms with van der Waals surface area (Å²) in [6.45, 7) is 1.51. The van der Waals surface area contributed by atoms with Gasteiger partial charge in [0.25, 0.3) is 0 Å². The fourth-order valence-corrected chi connectivity index (χ4v) is 3.28. The summed E-state index contributed by atoms with van der Waals surface area (Å²) in [6, 6.07) is 3.99. The summed E-state index contributed by atoms with van der Waals surface area (Å²) in [6.07, 6.45) is 3.45. The lowest BCUT2D eigenvalue weighted by Gasteiger charge is -2.32. The molecule has 0 unspecified atom stereocenters. The number of hydrogen-bond donors (Lipinski definition) is 1. The van der Waals surface area contributed by atoms with Gasteiger partial charge in [-0.1, -0.05) is 0 Å². The van der Waals surface area contributed by atoms with Crippen molar-refractivity contribution in [2.24, 2.45) is 4.99 Å². The molecule has 1 N–H and O–H groups in total. The topological polar surface area (TPSA) is 63.9 Å². The minimum absolute atomic E-state index is 0.0783. The quantitative estimate of drug-likeness (QED) is 0.604. The largest absolute Gasteiger partial charge is 0.493 e. The summed E-state index contributed by atoms with van der Waals surface area (Å²) >= 11 is 0. The van der Waals surface area contributed by atoms with Crippen LogP contribution in [-0.2, 0) is 19.5 Å². The molecule has 152 valence electrons. The second-order valence-corrected chi connectivity index (χ2v) is 6.35. The predicted octanol–water partition coefficient (Wildman–Crippen LogP) is 2.82. The fourth-order valence-electron chi connectivity index (χ4n) is 3.28. The third-order valence-electron chi connectivity index (χ3n) is 4.68. The number of fused-ring (bicyclic) bond motifs is 1. The molecule has 3 rings (SSSR count). The summed E-state index contributed by atoms with van der Waals surface area (Å²) in [5.41, 5.74) is 2.33. The lowest BCUT2D eigenvalue weighted by Crippen LogP contribution is -2.44. The van der Waals surface area contributed by atoms with Crippen LogP contribution in [0.4, 0.5) is 8.78 Å². The number of alkyl halides is 2. The Bertz CT molecular complexity index is 838. The molecule has 0 saturated carbocycles. The van der Waals surface area contributed by atoms with Crippen LogP contribution < -0.4 is 14.8 Å². The molecule has 2 aromatic rings. The van der Waals surface area contributed by atoms with Crippen LogP contribution in [0.5, 0.6) is 11.5 Å². The first-order valence-corrected chi connectivity index (χ1v) is 9.14. The van der Waals surface area contributed by atoms with E-state index in [9.17, 15) is 8.78 Å². The highest BCUT2D eigenvalue weighted by atomic mass is 19.3. The van der Waals surface area contributed by atoms with Gasteiger partial charge >= 0.3 is 6.55 Å². The maximum Gasteiger partial charge on any atom is 0.319 e. The molecule has 0 radical (unpaired) electrons. The second kappa shape index (κ2) is 8.90. The molecule has 28 heavy (non-hydrogen) atoms. The van der Waals surface area contributed by atoms with Crippen LogP contribution in [0.15, 0.2) is 29.5 Å². The SMILES string of the molecule is CCNC(=NCc1nccn1C(F)F)N1CCc2cc(OC)c(OC)cc2C1. The minimum Gasteiger partial charge on any atom is -0.493 e. The van der Waals surface area contributed by atoms with Crippen molar-refractivity contribution in [3.63, 3.8) is 0 Å². The summed E-state index contributed by atoms with van der Waals surface area (Å²) in [5, 5.41) is 3.24. The number of aliphatic imine (C=N–C) groups is 1. The Morgan fingerprint density at radius 3 is 2.61 bits per heavy atom. The Morgan fingerprint density at radius 1 is 1.25 bits per heavy atom. The highest BCUT2D eigenvalue weighted by Gasteiger charge is 2.22. The molecule has 1 aliphatic heterocycles. The van der Waals surface area contributed by atoms with E-state index in [2.05, 4.69) is 20.2 Å². The van der Waals surface area contributed by atoms with Crippen LogP contribution in [0.3, 0.4) is 0 Å². The van der Waals surface area contributed by atoms with Crippen molar-refractivity contribution in [3.8, 4) is 11.5 Å². The van der Waals surface area contributed by atoms with Crippen LogP contribution in [0, 0.1) is 0 Å². The second-order valence-electron chi connectivity index (χ2n) is 6.35. The Morgan fingerprint density at radius 2 is 1.96 bits per heavy atom. The van der Waals surface area contributed by atoms with Crippen LogP contribution in [0.1, 0.15) is 30.4 Å². The van der Waals surface area contributed by atoms with Gasteiger partial charge in [0.1, 0.15) is 12.4 Å². The standard InChI is InChI=1S/C19H25F2N5O2/c1-4-22-19(24-11-17-23-6-8-26(17)18(20)21)25-7-5-13-9-15(27-2)16(28-3)10-14(13)12-25/h6,8-10,18H,4-5,7,11-12H2,1-3H3,(H,22,24). The van der Waals surface area contributed by atoms with Crippen molar-refractivity contribution in [3.05, 3.63) is 41.5 Å². The number of benzene rings is 1. The maximum atomic E-state index is 13.0. The van der Waals surface area contributed by atoms with Gasteiger partial charge in [-0.3, -0.25) is 4.57 Å². The monoisotopic (exact) mass is 393 g/mol. The van der Waals surface area contributed by atoms with Crippen LogP contribution in [0.25, 0.3) is 0 Å². The Kier molecular flexibility index (Phi) is 6.33. The number of halogens is 2. The van der Waals surface area contributed by atoms with Crippen molar-refractivity contribution in [1.29, 1.82) is 0 Å². The number of hydrogen-bond acceptors (Lipinski definition) is 4. The molecule has 1 aromatic heterocycles. The van der Waals surface area contributed by atoms with E-state index in [0.29, 0.717) is 30.5 Å². The first-order chi connectivity index (χ1) is 13.6. The average molecular weight is 393 g/mol. The highest BCUT2D eigenvalue weighted by Crippen LogP contribution is 2.33. The molecule has 2 heterocycles. The number of nitrogens with zero attached hydrogens (tertiary/aromatic N) is 4. The van der Waals surface area contributed by atoms with Gasteiger partial charge in [0.2, 0.25) is 0 Å². The number of ether oxygens (including phenoxy) is 2. The van der Waals surface area contributed by atoms with E-state index in [4.69, 9.17) is 9.47 Å². The molecule has 0 amide bonds. The van der Waals surface area contributed by atoms with Gasteiger partial charge in [0.15, 0.2) is 17.5 Å². The number of aromatic nitrogens is 2. The highest BCUT2D eigenvalue weighted by molar-refractivity contribution is 5.80. The minimum atomic E-state index is -2.63. The van der Waals surface area contributed by atoms with Crippen molar-refractivity contribution in [2.75, 3.05) is 27.3 Å². The molecule has 9 heteroatoms. The zero-order valence-electron chi connectivity index (χ0n) is 16.3. The first kappa shape index (κ1) is 19.9. The molecule has 0 aliphatic carbocycles. The lowest BCUT2D eigenvalue weighted by atomic mass is 9.99. The van der Waals surface area contributed by atoms with E-state index in [-0.39, 0.29) is 12.4 Å². The van der Waals surface area contributed by atoms with E-state index in [1.807, 2.05) is 19.1 Å². The molecule has 0 bridgehead atoms. The summed E-state index contributed by atoms with van der Waals surface area (Å²) in [4.78, 5) is 10.6. The van der Waals surface area contributed by atoms with Crippen molar-refractivity contribution >= 4 is 5.96 Å². The smallest absolute Gasteiger partial charge is 0.319 e. The van der Waals surface area contributed by atoms with Gasteiger partial charge in [0, 0.05) is 32.0 Å². The number of nitrogens with one attached hydrogen (secondary N) is 1. The summed E-state index contributed by atoms with van der Waals surface area (Å²) in [7, 11) is 3.24. The number of guanidine groups is 1. The molecular formula is C19H25F2N5O2. The third-order valence-corrected chi connectivity index (χ3v) is 4.68. The summed E-state index contributed by atoms with van der Waals surface area (Å²) in [5.74, 6) is 2.30. The maximum absolute atomic E-state index is 13.0. The molecule has 0 saturated heterocycles. The van der Waals surface area contributed by atoms with E-state index < -0.39 is 6.55 Å². The van der Waals surface area contributed by atoms with Crippen LogP contribution >= 0.6 is 0 Å². The lowest BCUT2D eigenvalue weighted by molar-refractivity contribution is 0.0671. The van der Waals surface area contributed by atoms with Crippen molar-refractivity contribution in [2.45, 2.75) is 33.0 Å². The third kappa shape index (κ3) is 4.18. The molecule has 0 fully saturated rings. The number of methoxy groups -OCH3 is 2. The van der Waals surface area contributed by atoms with E-state index in [0.717, 1.165) is 23.1 Å². The molecule has 0 spiro atoms. The molecule has 1 aromatic carbocycles. The normalized spacial score (nSPS) is 14.2. The van der Waals surface area contributed by atoms with Crippen molar-refractivity contribution < 1.29 is 18.3 Å². The fraction of sp³-hybridized carbons (Fsp3) is 0.474. The Balaban J connectivity index is 1.81. The van der Waals surface area contributed by atoms with Gasteiger partial charge in [-0.15, -0.1) is 0 Å². The van der Waals surface area contributed by atoms with E-state index in [1.54, 1.807) is 14.2 Å². The van der Waals surface area contributed by atoms with E-state index >= 15 is 0 Å². The van der Waals surface area contributed by atoms with E-state index in [1.165, 1.54) is 18.0 Å². The predicted molar refractivity (Wildman–Crippen MR) is 102 cm³/mol. The van der Waals surface area contributed by atoms with Crippen LogP contribution in [0.2, 0.25) is 0 Å². The summed E-state index contributed by atoms with van der Waals surface area (Å²) < 4.78 is 37.6. The van der Waals surface area contributed by atoms with Gasteiger partial charge < -0.3 is 19.7 Å². The Labute approximate surface area is 163 Å². The van der Waals surface area contributed by atoms with Gasteiger partial charge in [-0.05, 0) is 36.6 Å². The molecule has 1 aliphatic rings. The number of rotatable bonds is 6. The number of imidazole rings is 1. The zero-order chi connectivity index (χ0) is 20.1.